The van der Waals surface area contributed by atoms with Gasteiger partial charge in [0.05, 0.1) is 12.9 Å². The maximum Gasteiger partial charge on any atom is 0.119 e. The molecule has 0 aliphatic heterocycles. The van der Waals surface area contributed by atoms with Gasteiger partial charge < -0.3 is 9.84 Å². The third-order valence-corrected chi connectivity index (χ3v) is 1.68. The first kappa shape index (κ1) is 9.65. The fourth-order valence-electron chi connectivity index (χ4n) is 0.954. The van der Waals surface area contributed by atoms with Crippen molar-refractivity contribution in [3.05, 3.63) is 42.2 Å². The SMILES string of the molecule is Cc1ccc(OCC/C=C/O)cc1. The minimum atomic E-state index is 0.597. The molecule has 0 saturated carbocycles. The van der Waals surface area contributed by atoms with Gasteiger partial charge >= 0.3 is 0 Å². The Morgan fingerprint density at radius 3 is 2.62 bits per heavy atom. The standard InChI is InChI=1S/C11H14O2/c1-10-4-6-11(7-5-10)13-9-3-2-8-12/h2,4-8,12H,3,9H2,1H3/b8-2+. The van der Waals surface area contributed by atoms with Crippen LogP contribution in [0.25, 0.3) is 0 Å². The summed E-state index contributed by atoms with van der Waals surface area (Å²) in [7, 11) is 0. The van der Waals surface area contributed by atoms with Crippen molar-refractivity contribution in [3.8, 4) is 5.75 Å². The van der Waals surface area contributed by atoms with Crippen molar-refractivity contribution in [1.29, 1.82) is 0 Å². The van der Waals surface area contributed by atoms with Crippen molar-refractivity contribution in [2.24, 2.45) is 0 Å². The number of benzene rings is 1. The van der Waals surface area contributed by atoms with E-state index in [4.69, 9.17) is 9.84 Å². The lowest BCUT2D eigenvalue weighted by Gasteiger charge is -2.03. The molecule has 0 unspecified atom stereocenters. The van der Waals surface area contributed by atoms with Crippen molar-refractivity contribution in [3.63, 3.8) is 0 Å². The zero-order valence-electron chi connectivity index (χ0n) is 7.73. The van der Waals surface area contributed by atoms with E-state index in [1.165, 1.54) is 5.56 Å². The van der Waals surface area contributed by atoms with Crippen molar-refractivity contribution < 1.29 is 9.84 Å². The molecule has 0 aliphatic rings. The third kappa shape index (κ3) is 3.65. The Morgan fingerprint density at radius 2 is 2.00 bits per heavy atom. The zero-order chi connectivity index (χ0) is 9.52. The topological polar surface area (TPSA) is 29.5 Å². The van der Waals surface area contributed by atoms with Gasteiger partial charge in [0, 0.05) is 6.42 Å². The monoisotopic (exact) mass is 178 g/mol. The van der Waals surface area contributed by atoms with Gasteiger partial charge in [-0.2, -0.15) is 0 Å². The Morgan fingerprint density at radius 1 is 1.31 bits per heavy atom. The van der Waals surface area contributed by atoms with Crippen LogP contribution in [0, 0.1) is 6.92 Å². The van der Waals surface area contributed by atoms with Gasteiger partial charge in [0.2, 0.25) is 0 Å². The second kappa shape index (κ2) is 5.25. The van der Waals surface area contributed by atoms with Gasteiger partial charge in [-0.15, -0.1) is 0 Å². The van der Waals surface area contributed by atoms with Crippen LogP contribution in [0.1, 0.15) is 12.0 Å². The molecule has 0 bridgehead atoms. The van der Waals surface area contributed by atoms with Gasteiger partial charge in [0.1, 0.15) is 5.75 Å². The summed E-state index contributed by atoms with van der Waals surface area (Å²) >= 11 is 0. The molecule has 0 radical (unpaired) electrons. The molecule has 0 spiro atoms. The highest BCUT2D eigenvalue weighted by atomic mass is 16.5. The van der Waals surface area contributed by atoms with Crippen LogP contribution in [0.15, 0.2) is 36.6 Å². The summed E-state index contributed by atoms with van der Waals surface area (Å²) in [6.07, 6.45) is 3.43. The summed E-state index contributed by atoms with van der Waals surface area (Å²) in [5.74, 6) is 0.872. The van der Waals surface area contributed by atoms with Gasteiger partial charge in [0.15, 0.2) is 0 Å². The summed E-state index contributed by atoms with van der Waals surface area (Å²) in [5, 5.41) is 8.36. The number of aliphatic hydroxyl groups excluding tert-OH is 1. The second-order valence-electron chi connectivity index (χ2n) is 2.83. The van der Waals surface area contributed by atoms with Crippen LogP contribution < -0.4 is 4.74 Å². The highest BCUT2D eigenvalue weighted by Gasteiger charge is 1.90. The Kier molecular flexibility index (Phi) is 3.89. The van der Waals surface area contributed by atoms with Crippen LogP contribution in [0.5, 0.6) is 5.75 Å². The molecule has 1 N–H and O–H groups in total. The van der Waals surface area contributed by atoms with Crippen molar-refractivity contribution in [2.45, 2.75) is 13.3 Å². The molecule has 13 heavy (non-hydrogen) atoms. The average Bonchev–Trinajstić information content (AvgIpc) is 2.15. The van der Waals surface area contributed by atoms with Crippen LogP contribution in [-0.2, 0) is 0 Å². The molecular weight excluding hydrogens is 164 g/mol. The molecule has 70 valence electrons. The number of aryl methyl sites for hydroxylation is 1. The first-order valence-electron chi connectivity index (χ1n) is 4.31. The van der Waals surface area contributed by atoms with E-state index in [1.54, 1.807) is 6.08 Å². The van der Waals surface area contributed by atoms with E-state index in [-0.39, 0.29) is 0 Å². The molecule has 2 nitrogen and oxygen atoms in total. The highest BCUT2D eigenvalue weighted by Crippen LogP contribution is 2.11. The minimum Gasteiger partial charge on any atom is -0.516 e. The second-order valence-corrected chi connectivity index (χ2v) is 2.83. The molecule has 0 aliphatic carbocycles. The molecule has 0 amide bonds. The molecule has 0 heterocycles. The fraction of sp³-hybridized carbons (Fsp3) is 0.273. The van der Waals surface area contributed by atoms with E-state index in [0.29, 0.717) is 6.61 Å². The highest BCUT2D eigenvalue weighted by molar-refractivity contribution is 5.26. The normalized spacial score (nSPS) is 10.5. The van der Waals surface area contributed by atoms with E-state index in [2.05, 4.69) is 0 Å². The maximum atomic E-state index is 8.36. The molecule has 0 fully saturated rings. The summed E-state index contributed by atoms with van der Waals surface area (Å²) in [6, 6.07) is 7.91. The van der Waals surface area contributed by atoms with Gasteiger partial charge in [-0.3, -0.25) is 0 Å². The molecule has 0 atom stereocenters. The van der Waals surface area contributed by atoms with Crippen molar-refractivity contribution in [1.82, 2.24) is 0 Å². The number of ether oxygens (including phenoxy) is 1. The van der Waals surface area contributed by atoms with Crippen LogP contribution in [-0.4, -0.2) is 11.7 Å². The summed E-state index contributed by atoms with van der Waals surface area (Å²) in [4.78, 5) is 0. The molecule has 2 heteroatoms. The van der Waals surface area contributed by atoms with E-state index in [1.807, 2.05) is 31.2 Å². The zero-order valence-corrected chi connectivity index (χ0v) is 7.73. The Balaban J connectivity index is 2.33. The van der Waals surface area contributed by atoms with Crippen LogP contribution in [0.4, 0.5) is 0 Å². The first-order chi connectivity index (χ1) is 6.33. The van der Waals surface area contributed by atoms with Gasteiger partial charge in [-0.05, 0) is 25.1 Å². The van der Waals surface area contributed by atoms with Crippen LogP contribution in [0.3, 0.4) is 0 Å². The Labute approximate surface area is 78.5 Å². The van der Waals surface area contributed by atoms with Gasteiger partial charge in [-0.25, -0.2) is 0 Å². The largest absolute Gasteiger partial charge is 0.516 e. The predicted molar refractivity (Wildman–Crippen MR) is 53.1 cm³/mol. The molecule has 1 rings (SSSR count). The van der Waals surface area contributed by atoms with E-state index >= 15 is 0 Å². The number of rotatable bonds is 4. The number of hydrogen-bond donors (Lipinski definition) is 1. The van der Waals surface area contributed by atoms with E-state index < -0.39 is 0 Å². The van der Waals surface area contributed by atoms with E-state index in [9.17, 15) is 0 Å². The maximum absolute atomic E-state index is 8.36. The minimum absolute atomic E-state index is 0.597. The average molecular weight is 178 g/mol. The quantitative estimate of drug-likeness (QED) is 0.567. The molecule has 1 aromatic carbocycles. The lowest BCUT2D eigenvalue weighted by Crippen LogP contribution is -1.95. The summed E-state index contributed by atoms with van der Waals surface area (Å²) in [5.41, 5.74) is 1.22. The van der Waals surface area contributed by atoms with Crippen LogP contribution in [0.2, 0.25) is 0 Å². The Hall–Kier alpha value is -1.44. The third-order valence-electron chi connectivity index (χ3n) is 1.68. The molecule has 0 aromatic heterocycles. The van der Waals surface area contributed by atoms with Crippen LogP contribution >= 0.6 is 0 Å². The lowest BCUT2D eigenvalue weighted by molar-refractivity contribution is 0.323. The Bertz CT molecular complexity index is 262. The smallest absolute Gasteiger partial charge is 0.119 e. The predicted octanol–water partition coefficient (Wildman–Crippen LogP) is 2.84. The number of hydrogen-bond acceptors (Lipinski definition) is 2. The fourth-order valence-corrected chi connectivity index (χ4v) is 0.954. The molecule has 1 aromatic rings. The number of aliphatic hydroxyl groups is 1. The summed E-state index contributed by atoms with van der Waals surface area (Å²) in [6.45, 7) is 2.64. The molecule has 0 saturated heterocycles. The lowest BCUT2D eigenvalue weighted by atomic mass is 10.2. The molecular formula is C11H14O2. The van der Waals surface area contributed by atoms with Gasteiger partial charge in [0.25, 0.3) is 0 Å². The first-order valence-corrected chi connectivity index (χ1v) is 4.31. The summed E-state index contributed by atoms with van der Waals surface area (Å²) < 4.78 is 5.40. The van der Waals surface area contributed by atoms with Gasteiger partial charge in [-0.1, -0.05) is 17.7 Å². The van der Waals surface area contributed by atoms with E-state index in [0.717, 1.165) is 18.4 Å². The van der Waals surface area contributed by atoms with Crippen molar-refractivity contribution in [2.75, 3.05) is 6.61 Å². The van der Waals surface area contributed by atoms with Crippen molar-refractivity contribution >= 4 is 0 Å².